The first kappa shape index (κ1) is 10.3. The van der Waals surface area contributed by atoms with Crippen LogP contribution in [0.1, 0.15) is 18.9 Å². The maximum absolute atomic E-state index is 5.01. The Morgan fingerprint density at radius 3 is 3.08 bits per heavy atom. The molecule has 0 aliphatic rings. The van der Waals surface area contributed by atoms with Crippen molar-refractivity contribution in [2.75, 3.05) is 13.7 Å². The van der Waals surface area contributed by atoms with E-state index in [1.54, 1.807) is 7.11 Å². The van der Waals surface area contributed by atoms with Crippen molar-refractivity contribution in [1.29, 1.82) is 0 Å². The Morgan fingerprint density at radius 1 is 1.54 bits per heavy atom. The van der Waals surface area contributed by atoms with Gasteiger partial charge in [0.05, 0.1) is 0 Å². The Labute approximate surface area is 79.7 Å². The third-order valence-electron chi connectivity index (χ3n) is 1.85. The molecule has 0 amide bonds. The lowest BCUT2D eigenvalue weighted by atomic mass is 10.3. The summed E-state index contributed by atoms with van der Waals surface area (Å²) in [6.07, 6.45) is 5.32. The Balaban J connectivity index is 2.31. The molecule has 13 heavy (non-hydrogen) atoms. The highest BCUT2D eigenvalue weighted by molar-refractivity contribution is 5.09. The molecule has 0 radical (unpaired) electrons. The van der Waals surface area contributed by atoms with Crippen molar-refractivity contribution in [2.24, 2.45) is 0 Å². The van der Waals surface area contributed by atoms with Gasteiger partial charge in [-0.3, -0.25) is 0 Å². The Bertz CT molecular complexity index is 233. The second-order valence-corrected chi connectivity index (χ2v) is 3.13. The van der Waals surface area contributed by atoms with E-state index in [9.17, 15) is 0 Å². The summed E-state index contributed by atoms with van der Waals surface area (Å²) >= 11 is 0. The molecule has 0 aromatic carbocycles. The van der Waals surface area contributed by atoms with E-state index in [4.69, 9.17) is 4.74 Å². The van der Waals surface area contributed by atoms with E-state index in [1.807, 2.05) is 10.8 Å². The third kappa shape index (κ3) is 3.61. The van der Waals surface area contributed by atoms with Crippen molar-refractivity contribution in [1.82, 2.24) is 9.88 Å². The van der Waals surface area contributed by atoms with E-state index in [0.717, 1.165) is 13.1 Å². The van der Waals surface area contributed by atoms with Crippen LogP contribution in [0.4, 0.5) is 0 Å². The van der Waals surface area contributed by atoms with Crippen molar-refractivity contribution in [3.05, 3.63) is 24.0 Å². The highest BCUT2D eigenvalue weighted by Gasteiger charge is 1.94. The van der Waals surface area contributed by atoms with Gasteiger partial charge >= 0.3 is 0 Å². The van der Waals surface area contributed by atoms with Crippen LogP contribution in [0.3, 0.4) is 0 Å². The summed E-state index contributed by atoms with van der Waals surface area (Å²) in [4.78, 5) is 0. The van der Waals surface area contributed by atoms with E-state index in [1.165, 1.54) is 12.0 Å². The summed E-state index contributed by atoms with van der Waals surface area (Å²) in [7, 11) is 1.70. The molecule has 74 valence electrons. The summed E-state index contributed by atoms with van der Waals surface area (Å²) in [6.45, 7) is 4.83. The zero-order chi connectivity index (χ0) is 9.52. The number of ether oxygens (including phenoxy) is 1. The third-order valence-corrected chi connectivity index (χ3v) is 1.85. The van der Waals surface area contributed by atoms with Crippen LogP contribution in [0.5, 0.6) is 0 Å². The smallest absolute Gasteiger partial charge is 0.121 e. The predicted octanol–water partition coefficient (Wildman–Crippen LogP) is 1.59. The second kappa shape index (κ2) is 5.78. The van der Waals surface area contributed by atoms with Crippen LogP contribution >= 0.6 is 0 Å². The van der Waals surface area contributed by atoms with E-state index >= 15 is 0 Å². The van der Waals surface area contributed by atoms with E-state index < -0.39 is 0 Å². The normalized spacial score (nSPS) is 10.6. The second-order valence-electron chi connectivity index (χ2n) is 3.13. The number of aromatic nitrogens is 1. The number of nitrogens with zero attached hydrogens (tertiary/aromatic N) is 1. The molecule has 0 aliphatic carbocycles. The van der Waals surface area contributed by atoms with Gasteiger partial charge < -0.3 is 14.6 Å². The molecule has 0 atom stereocenters. The molecule has 1 N–H and O–H groups in total. The van der Waals surface area contributed by atoms with Gasteiger partial charge in [-0.15, -0.1) is 0 Å². The van der Waals surface area contributed by atoms with Crippen molar-refractivity contribution in [3.8, 4) is 0 Å². The molecule has 0 spiro atoms. The molecule has 0 saturated carbocycles. The van der Waals surface area contributed by atoms with Crippen LogP contribution in [0.15, 0.2) is 18.5 Å². The van der Waals surface area contributed by atoms with Gasteiger partial charge in [-0.25, -0.2) is 0 Å². The topological polar surface area (TPSA) is 26.2 Å². The van der Waals surface area contributed by atoms with Crippen LogP contribution in [0, 0.1) is 0 Å². The van der Waals surface area contributed by atoms with Gasteiger partial charge in [0.25, 0.3) is 0 Å². The maximum Gasteiger partial charge on any atom is 0.121 e. The monoisotopic (exact) mass is 182 g/mol. The fourth-order valence-electron chi connectivity index (χ4n) is 1.23. The quantitative estimate of drug-likeness (QED) is 0.676. The molecule has 1 aromatic heterocycles. The Hall–Kier alpha value is -0.800. The molecule has 1 heterocycles. The number of methoxy groups -OCH3 is 1. The van der Waals surface area contributed by atoms with Crippen LogP contribution in [0.25, 0.3) is 0 Å². The van der Waals surface area contributed by atoms with Crippen molar-refractivity contribution in [2.45, 2.75) is 26.6 Å². The summed E-state index contributed by atoms with van der Waals surface area (Å²) in [6, 6.07) is 2.11. The van der Waals surface area contributed by atoms with Gasteiger partial charge in [0.1, 0.15) is 6.73 Å². The minimum Gasteiger partial charge on any atom is -0.364 e. The van der Waals surface area contributed by atoms with Gasteiger partial charge in [0.2, 0.25) is 0 Å². The first-order chi connectivity index (χ1) is 6.36. The molecule has 0 unspecified atom stereocenters. The van der Waals surface area contributed by atoms with Crippen molar-refractivity contribution >= 4 is 0 Å². The number of hydrogen-bond acceptors (Lipinski definition) is 2. The lowest BCUT2D eigenvalue weighted by Crippen LogP contribution is -2.13. The molecule has 0 fully saturated rings. The van der Waals surface area contributed by atoms with Crippen LogP contribution in [-0.4, -0.2) is 18.2 Å². The van der Waals surface area contributed by atoms with Crippen LogP contribution in [0.2, 0.25) is 0 Å². The summed E-state index contributed by atoms with van der Waals surface area (Å²) in [5.74, 6) is 0. The summed E-state index contributed by atoms with van der Waals surface area (Å²) in [5, 5.41) is 3.35. The average Bonchev–Trinajstić information content (AvgIpc) is 2.54. The highest BCUT2D eigenvalue weighted by atomic mass is 16.5. The minimum absolute atomic E-state index is 0.633. The molecular weight excluding hydrogens is 164 g/mol. The van der Waals surface area contributed by atoms with Crippen molar-refractivity contribution in [3.63, 3.8) is 0 Å². The maximum atomic E-state index is 5.01. The SMILES string of the molecule is CCCNCc1ccn(COC)c1. The zero-order valence-corrected chi connectivity index (χ0v) is 8.42. The largest absolute Gasteiger partial charge is 0.364 e. The molecule has 1 aromatic rings. The Morgan fingerprint density at radius 2 is 2.38 bits per heavy atom. The summed E-state index contributed by atoms with van der Waals surface area (Å²) < 4.78 is 7.04. The minimum atomic E-state index is 0.633. The zero-order valence-electron chi connectivity index (χ0n) is 8.42. The van der Waals surface area contributed by atoms with Crippen molar-refractivity contribution < 1.29 is 4.74 Å². The van der Waals surface area contributed by atoms with E-state index in [0.29, 0.717) is 6.73 Å². The highest BCUT2D eigenvalue weighted by Crippen LogP contribution is 2.00. The Kier molecular flexibility index (Phi) is 4.57. The lowest BCUT2D eigenvalue weighted by Gasteiger charge is -2.00. The molecule has 3 nitrogen and oxygen atoms in total. The van der Waals surface area contributed by atoms with E-state index in [2.05, 4.69) is 24.5 Å². The fourth-order valence-corrected chi connectivity index (χ4v) is 1.23. The first-order valence-corrected chi connectivity index (χ1v) is 4.71. The summed E-state index contributed by atoms with van der Waals surface area (Å²) in [5.41, 5.74) is 1.31. The molecule has 3 heteroatoms. The first-order valence-electron chi connectivity index (χ1n) is 4.71. The predicted molar refractivity (Wildman–Crippen MR) is 53.4 cm³/mol. The van der Waals surface area contributed by atoms with Gasteiger partial charge in [0.15, 0.2) is 0 Å². The molecule has 0 saturated heterocycles. The van der Waals surface area contributed by atoms with Crippen LogP contribution in [-0.2, 0) is 18.0 Å². The average molecular weight is 182 g/mol. The fraction of sp³-hybridized carbons (Fsp3) is 0.600. The van der Waals surface area contributed by atoms with Gasteiger partial charge in [-0.05, 0) is 24.6 Å². The van der Waals surface area contributed by atoms with Crippen LogP contribution < -0.4 is 5.32 Å². The van der Waals surface area contributed by atoms with Gasteiger partial charge in [-0.1, -0.05) is 6.92 Å². The molecular formula is C10H18N2O. The van der Waals surface area contributed by atoms with Gasteiger partial charge in [-0.2, -0.15) is 0 Å². The number of rotatable bonds is 6. The van der Waals surface area contributed by atoms with Gasteiger partial charge in [0, 0.05) is 26.0 Å². The molecule has 1 rings (SSSR count). The molecule has 0 bridgehead atoms. The lowest BCUT2D eigenvalue weighted by molar-refractivity contribution is 0.131. The molecule has 0 aliphatic heterocycles. The van der Waals surface area contributed by atoms with E-state index in [-0.39, 0.29) is 0 Å². The number of hydrogen-bond donors (Lipinski definition) is 1. The standard InChI is InChI=1S/C10H18N2O/c1-3-5-11-7-10-4-6-12(8-10)9-13-2/h4,6,8,11H,3,5,7,9H2,1-2H3. The number of nitrogens with one attached hydrogen (secondary N) is 1.